The van der Waals surface area contributed by atoms with Gasteiger partial charge in [-0.3, -0.25) is 19.6 Å². The van der Waals surface area contributed by atoms with Gasteiger partial charge in [-0.2, -0.15) is 5.10 Å². The topological polar surface area (TPSA) is 79.0 Å². The number of H-pyrrole nitrogens is 1. The van der Waals surface area contributed by atoms with Crippen molar-refractivity contribution in [2.24, 2.45) is 0 Å². The normalized spacial score (nSPS) is 16.9. The summed E-state index contributed by atoms with van der Waals surface area (Å²) in [5, 5.41) is 6.48. The van der Waals surface area contributed by atoms with Crippen LogP contribution in [0.3, 0.4) is 0 Å². The van der Waals surface area contributed by atoms with Gasteiger partial charge in [0.2, 0.25) is 11.8 Å². The van der Waals surface area contributed by atoms with Gasteiger partial charge in [0.1, 0.15) is 12.2 Å². The number of aryl methyl sites for hydroxylation is 1. The van der Waals surface area contributed by atoms with E-state index in [2.05, 4.69) is 15.2 Å². The fourth-order valence-corrected chi connectivity index (χ4v) is 1.81. The van der Waals surface area contributed by atoms with Gasteiger partial charge in [-0.25, -0.2) is 4.98 Å². The molecule has 16 heavy (non-hydrogen) atoms. The highest BCUT2D eigenvalue weighted by atomic mass is 16.2. The second-order valence-corrected chi connectivity index (χ2v) is 3.83. The maximum absolute atomic E-state index is 11.5. The van der Waals surface area contributed by atoms with Crippen molar-refractivity contribution in [1.29, 1.82) is 0 Å². The van der Waals surface area contributed by atoms with Crippen LogP contribution in [-0.4, -0.2) is 38.4 Å². The van der Waals surface area contributed by atoms with E-state index in [1.54, 1.807) is 0 Å². The molecule has 86 valence electrons. The van der Waals surface area contributed by atoms with Crippen molar-refractivity contribution in [3.8, 4) is 0 Å². The highest BCUT2D eigenvalue weighted by Crippen LogP contribution is 2.12. The van der Waals surface area contributed by atoms with Crippen molar-refractivity contribution < 1.29 is 9.59 Å². The lowest BCUT2D eigenvalue weighted by Crippen LogP contribution is -2.40. The first-order valence-corrected chi connectivity index (χ1v) is 5.45. The Morgan fingerprint density at radius 1 is 1.31 bits per heavy atom. The first-order valence-electron chi connectivity index (χ1n) is 5.45. The van der Waals surface area contributed by atoms with E-state index in [-0.39, 0.29) is 11.8 Å². The van der Waals surface area contributed by atoms with Gasteiger partial charge in [0.05, 0.1) is 0 Å². The summed E-state index contributed by atoms with van der Waals surface area (Å²) in [6.45, 7) is 0.484. The summed E-state index contributed by atoms with van der Waals surface area (Å²) in [5.74, 6) is 0.694. The zero-order valence-electron chi connectivity index (χ0n) is 8.98. The van der Waals surface area contributed by atoms with Crippen LogP contribution < -0.4 is 0 Å². The van der Waals surface area contributed by atoms with Crippen LogP contribution in [0, 0.1) is 0 Å². The second kappa shape index (κ2) is 4.87. The SMILES string of the molecule is O=C1CCCC(=O)N1CCCc1ncn[nH]1. The van der Waals surface area contributed by atoms with E-state index in [4.69, 9.17) is 0 Å². The molecule has 1 N–H and O–H groups in total. The number of rotatable bonds is 4. The quantitative estimate of drug-likeness (QED) is 0.742. The van der Waals surface area contributed by atoms with Gasteiger partial charge in [0, 0.05) is 25.8 Å². The highest BCUT2D eigenvalue weighted by molar-refractivity contribution is 5.97. The molecule has 6 nitrogen and oxygen atoms in total. The number of hydrogen-bond donors (Lipinski definition) is 1. The molecule has 0 spiro atoms. The standard InChI is InChI=1S/C10H14N4O2/c15-9-4-1-5-10(16)14(9)6-2-3-8-11-7-12-13-8/h7H,1-6H2,(H,11,12,13). The summed E-state index contributed by atoms with van der Waals surface area (Å²) in [6, 6.07) is 0. The number of aromatic amines is 1. The van der Waals surface area contributed by atoms with Crippen LogP contribution in [0.5, 0.6) is 0 Å². The Morgan fingerprint density at radius 2 is 2.06 bits per heavy atom. The van der Waals surface area contributed by atoms with Gasteiger partial charge in [0.25, 0.3) is 0 Å². The second-order valence-electron chi connectivity index (χ2n) is 3.83. The van der Waals surface area contributed by atoms with E-state index in [9.17, 15) is 9.59 Å². The Kier molecular flexibility index (Phi) is 3.28. The third kappa shape index (κ3) is 2.44. The molecule has 0 bridgehead atoms. The van der Waals surface area contributed by atoms with Crippen LogP contribution in [0.1, 0.15) is 31.5 Å². The number of imide groups is 1. The van der Waals surface area contributed by atoms with Crippen LogP contribution >= 0.6 is 0 Å². The van der Waals surface area contributed by atoms with Crippen molar-refractivity contribution in [2.75, 3.05) is 6.54 Å². The average Bonchev–Trinajstić information content (AvgIpc) is 2.75. The van der Waals surface area contributed by atoms with Gasteiger partial charge in [0.15, 0.2) is 0 Å². The van der Waals surface area contributed by atoms with Crippen molar-refractivity contribution >= 4 is 11.8 Å². The molecule has 2 amide bonds. The van der Waals surface area contributed by atoms with Crippen molar-refractivity contribution in [2.45, 2.75) is 32.1 Å². The van der Waals surface area contributed by atoms with Crippen LogP contribution in [0.15, 0.2) is 6.33 Å². The first-order chi connectivity index (χ1) is 7.77. The van der Waals surface area contributed by atoms with E-state index < -0.39 is 0 Å². The number of carbonyl (C=O) groups excluding carboxylic acids is 2. The number of carbonyl (C=O) groups is 2. The number of aromatic nitrogens is 3. The zero-order valence-corrected chi connectivity index (χ0v) is 8.98. The van der Waals surface area contributed by atoms with Gasteiger partial charge >= 0.3 is 0 Å². The zero-order chi connectivity index (χ0) is 11.4. The lowest BCUT2D eigenvalue weighted by molar-refractivity contribution is -0.147. The van der Waals surface area contributed by atoms with Crippen molar-refractivity contribution in [1.82, 2.24) is 20.1 Å². The molecular weight excluding hydrogens is 208 g/mol. The fraction of sp³-hybridized carbons (Fsp3) is 0.600. The summed E-state index contributed by atoms with van der Waals surface area (Å²) in [5.41, 5.74) is 0. The molecule has 1 aromatic rings. The summed E-state index contributed by atoms with van der Waals surface area (Å²) in [6.07, 6.45) is 4.56. The van der Waals surface area contributed by atoms with E-state index in [0.717, 1.165) is 12.2 Å². The van der Waals surface area contributed by atoms with E-state index in [1.807, 2.05) is 0 Å². The molecule has 1 fully saturated rings. The van der Waals surface area contributed by atoms with Gasteiger partial charge in [-0.15, -0.1) is 0 Å². The molecular formula is C10H14N4O2. The number of amides is 2. The van der Waals surface area contributed by atoms with Gasteiger partial charge < -0.3 is 0 Å². The van der Waals surface area contributed by atoms with Crippen LogP contribution in [0.2, 0.25) is 0 Å². The minimum atomic E-state index is -0.0474. The summed E-state index contributed by atoms with van der Waals surface area (Å²) in [7, 11) is 0. The molecule has 2 rings (SSSR count). The fourth-order valence-electron chi connectivity index (χ4n) is 1.81. The molecule has 0 saturated carbocycles. The molecule has 1 aliphatic heterocycles. The maximum Gasteiger partial charge on any atom is 0.229 e. The molecule has 0 atom stereocenters. The van der Waals surface area contributed by atoms with Crippen molar-refractivity contribution in [3.63, 3.8) is 0 Å². The molecule has 0 radical (unpaired) electrons. The van der Waals surface area contributed by atoms with Crippen LogP contribution in [0.25, 0.3) is 0 Å². The predicted molar refractivity (Wildman–Crippen MR) is 55.3 cm³/mol. The monoisotopic (exact) mass is 222 g/mol. The number of nitrogens with zero attached hydrogens (tertiary/aromatic N) is 3. The molecule has 1 saturated heterocycles. The van der Waals surface area contributed by atoms with Gasteiger partial charge in [-0.1, -0.05) is 0 Å². The number of piperidine rings is 1. The minimum absolute atomic E-state index is 0.0474. The Morgan fingerprint density at radius 3 is 2.69 bits per heavy atom. The Balaban J connectivity index is 1.80. The van der Waals surface area contributed by atoms with Crippen molar-refractivity contribution in [3.05, 3.63) is 12.2 Å². The molecule has 6 heteroatoms. The van der Waals surface area contributed by atoms with E-state index in [1.165, 1.54) is 11.2 Å². The largest absolute Gasteiger partial charge is 0.283 e. The highest BCUT2D eigenvalue weighted by Gasteiger charge is 2.24. The minimum Gasteiger partial charge on any atom is -0.283 e. The maximum atomic E-state index is 11.5. The molecule has 2 heterocycles. The first kappa shape index (κ1) is 10.8. The number of hydrogen-bond acceptors (Lipinski definition) is 4. The smallest absolute Gasteiger partial charge is 0.229 e. The predicted octanol–water partition coefficient (Wildman–Crippen LogP) is 0.276. The molecule has 0 unspecified atom stereocenters. The Hall–Kier alpha value is -1.72. The lowest BCUT2D eigenvalue weighted by atomic mass is 10.1. The summed E-state index contributed by atoms with van der Waals surface area (Å²) < 4.78 is 0. The third-order valence-corrected chi connectivity index (χ3v) is 2.64. The molecule has 0 aliphatic carbocycles. The number of likely N-dealkylation sites (tertiary alicyclic amines) is 1. The third-order valence-electron chi connectivity index (χ3n) is 2.64. The average molecular weight is 222 g/mol. The summed E-state index contributed by atoms with van der Waals surface area (Å²) in [4.78, 5) is 28.3. The van der Waals surface area contributed by atoms with E-state index >= 15 is 0 Å². The Bertz CT molecular complexity index is 358. The summed E-state index contributed by atoms with van der Waals surface area (Å²) >= 11 is 0. The number of nitrogens with one attached hydrogen (secondary N) is 1. The van der Waals surface area contributed by atoms with E-state index in [0.29, 0.717) is 32.2 Å². The molecule has 1 aliphatic rings. The van der Waals surface area contributed by atoms with Crippen LogP contribution in [0.4, 0.5) is 0 Å². The Labute approximate surface area is 93.0 Å². The van der Waals surface area contributed by atoms with Crippen LogP contribution in [-0.2, 0) is 16.0 Å². The molecule has 1 aromatic heterocycles. The lowest BCUT2D eigenvalue weighted by Gasteiger charge is -2.24. The van der Waals surface area contributed by atoms with Gasteiger partial charge in [-0.05, 0) is 12.8 Å². The molecule has 0 aromatic carbocycles.